The molecule has 5 aromatic carbocycles. The van der Waals surface area contributed by atoms with Gasteiger partial charge in [0.05, 0.1) is 27.2 Å². The van der Waals surface area contributed by atoms with E-state index in [1.54, 1.807) is 0 Å². The van der Waals surface area contributed by atoms with E-state index in [0.29, 0.717) is 63.1 Å². The van der Waals surface area contributed by atoms with Crippen molar-refractivity contribution >= 4 is 158 Å². The summed E-state index contributed by atoms with van der Waals surface area (Å²) in [4.78, 5) is 91.4. The van der Waals surface area contributed by atoms with Crippen LogP contribution in [0.2, 0.25) is 0 Å². The van der Waals surface area contributed by atoms with Gasteiger partial charge in [0.25, 0.3) is 0 Å². The second kappa shape index (κ2) is 70.3. The number of carbonyl (C=O) groups is 8. The van der Waals surface area contributed by atoms with Gasteiger partial charge in [0.2, 0.25) is 11.8 Å². The molecule has 0 spiro atoms. The third-order valence-corrected chi connectivity index (χ3v) is 18.4. The smallest absolute Gasteiger partial charge is 0.553 e. The molecule has 0 aromatic heterocycles. The molecular weight excluding hydrogens is 2130 g/mol. The molecule has 3 aliphatic rings. The number of amides is 2. The molecule has 0 saturated heterocycles. The Labute approximate surface area is 752 Å². The number of nitrogens with two attached hydrogens (primary N) is 3. The number of carboxylic acids is 3. The van der Waals surface area contributed by atoms with Crippen molar-refractivity contribution in [3.8, 4) is 0 Å². The molecule has 3 fully saturated rings. The molecule has 603 valence electrons. The SMILES string of the molecule is CC(C)C1CCC(C(=O)N[C@H](Cc2ccccc2)C(=O)O)CC1.CC(C)C1CCC(C(=O)O)CC1.COC(=O)[C@@H](Cc1ccccc1)NC(=O)C1CCC(C(C)C)CC1.COC(=O)[C@H](N)Cc1ccccc1.COC(=O)[C@H](N)Cc1ccccc1.Cl.I.II.I[I-]I.N[C@H](Cc1ccccc1)C(=O)O.[NH-]O.[Na+].[V]. The maximum atomic E-state index is 12.6. The Morgan fingerprint density at radius 2 is 0.639 bits per heavy atom. The van der Waals surface area contributed by atoms with Crippen LogP contribution in [-0.4, -0.2) is 120 Å². The van der Waals surface area contributed by atoms with Gasteiger partial charge < -0.3 is 68.5 Å². The van der Waals surface area contributed by atoms with Gasteiger partial charge in [0.1, 0.15) is 30.2 Å². The van der Waals surface area contributed by atoms with Crippen LogP contribution < -0.4 is 70.6 Å². The zero-order chi connectivity index (χ0) is 78.5. The molecule has 0 heterocycles. The Morgan fingerprint density at radius 1 is 0.417 bits per heavy atom. The molecule has 5 atom stereocenters. The summed E-state index contributed by atoms with van der Waals surface area (Å²) in [5, 5.41) is 38.6. The quantitative estimate of drug-likeness (QED) is 0.00964. The fourth-order valence-corrected chi connectivity index (χ4v) is 12.1. The summed E-state index contributed by atoms with van der Waals surface area (Å²) in [6.45, 7) is 13.4. The first kappa shape index (κ1) is 114. The number of hydrogen-bond donors (Lipinski definition) is 9. The molecule has 0 bridgehead atoms. The van der Waals surface area contributed by atoms with Crippen LogP contribution in [0.25, 0.3) is 5.90 Å². The van der Waals surface area contributed by atoms with Gasteiger partial charge in [-0.1, -0.05) is 193 Å². The van der Waals surface area contributed by atoms with Crippen LogP contribution >= 0.6 is 111 Å². The molecule has 30 heteroatoms. The van der Waals surface area contributed by atoms with E-state index in [1.165, 1.54) is 21.3 Å². The third kappa shape index (κ3) is 51.7. The topological polar surface area (TPSA) is 371 Å². The van der Waals surface area contributed by atoms with E-state index in [2.05, 4.69) is 136 Å². The van der Waals surface area contributed by atoms with E-state index in [-0.39, 0.29) is 132 Å². The molecule has 5 aromatic rings. The number of carbonyl (C=O) groups excluding carboxylic acids is 5. The van der Waals surface area contributed by atoms with Gasteiger partial charge in [-0.05, 0) is 160 Å². The summed E-state index contributed by atoms with van der Waals surface area (Å²) in [5.41, 5.74) is 21.5. The second-order valence-electron chi connectivity index (χ2n) is 26.6. The van der Waals surface area contributed by atoms with E-state index in [4.69, 9.17) is 43.3 Å². The van der Waals surface area contributed by atoms with Crippen LogP contribution in [0.5, 0.6) is 0 Å². The molecular formula is C78H115ClI6N6NaO15V-. The summed E-state index contributed by atoms with van der Waals surface area (Å²) in [7, 11) is 4.04. The van der Waals surface area contributed by atoms with Crippen molar-refractivity contribution in [1.82, 2.24) is 10.6 Å². The predicted molar refractivity (Wildman–Crippen MR) is 463 cm³/mol. The number of methoxy groups -OCH3 is 3. The molecule has 13 N–H and O–H groups in total. The van der Waals surface area contributed by atoms with Crippen LogP contribution in [0.3, 0.4) is 0 Å². The summed E-state index contributed by atoms with van der Waals surface area (Å²) in [5.74, 6) is 5.13. The van der Waals surface area contributed by atoms with E-state index < -0.39 is 48.1 Å². The van der Waals surface area contributed by atoms with Crippen molar-refractivity contribution < 1.29 is 134 Å². The van der Waals surface area contributed by atoms with Crippen molar-refractivity contribution in [3.63, 3.8) is 0 Å². The van der Waals surface area contributed by atoms with Crippen LogP contribution in [0.4, 0.5) is 0 Å². The Bertz CT molecular complexity index is 3070. The Morgan fingerprint density at radius 3 is 0.861 bits per heavy atom. The normalized spacial score (nSPS) is 17.7. The second-order valence-corrected chi connectivity index (χ2v) is 42.8. The maximum Gasteiger partial charge on any atom is 1.00 e. The Balaban J connectivity index is -0.000000392. The number of esters is 3. The van der Waals surface area contributed by atoms with E-state index >= 15 is 0 Å². The minimum atomic E-state index is -0.974. The van der Waals surface area contributed by atoms with E-state index in [9.17, 15) is 43.5 Å². The first-order valence-corrected chi connectivity index (χ1v) is 53.8. The van der Waals surface area contributed by atoms with Gasteiger partial charge in [-0.2, -0.15) is 0 Å². The summed E-state index contributed by atoms with van der Waals surface area (Å²) in [6.07, 6.45) is 14.1. The van der Waals surface area contributed by atoms with Crippen molar-refractivity contribution in [2.75, 3.05) is 21.3 Å². The molecule has 3 aliphatic carbocycles. The number of benzene rings is 5. The summed E-state index contributed by atoms with van der Waals surface area (Å²) < 4.78 is 13.9. The standard InChI is InChI=1S/C20H29NO3.C19H27NO3.2C10H13NO2.C10H18O2.C9H11NO2.ClH.I3.I2.HI.H2NO.Na.V/c1-14(2)16-9-11-17(12-10-16)19(22)21-18(20(23)24-3)13-15-7-5-4-6-8-15;1-13(2)15-8-10-16(11-9-15)18(21)20-17(19(22)23)12-14-6-4-3-5-7-14;2*1-13-10(12)9(11)7-8-5-3-2-4-6-8;1-7(2)8-3-5-9(6-4-8)10(11)12;10-8(9(11)12)6-7-4-2-1-3-5-7;;1-3-2;1-2;;1-2;;/h4-8,14,16-18H,9-13H2,1-3H3,(H,21,22);3-7,13,15-17H,8-12H2,1-2H3,(H,20,21)(H,22,23);2*2-6,9H,7,11H2,1H3;7-9H,3-6H2,1-2H3,(H,11,12);1-5,8H,6,10H2,(H,11,12);1H;;;1H;1-2H;;/q;;;;;;;-1;;;-1;+1;/t16?,17?,18-;15?,16?,17-;2*9-;;8-;;;;;;;/m1111.1......./s1. The average Bonchev–Trinajstić information content (AvgIpc) is 0.842. The number of carboxylic acid groups (broad SMARTS) is 3. The fourth-order valence-electron chi connectivity index (χ4n) is 12.1. The summed E-state index contributed by atoms with van der Waals surface area (Å²) >= 11 is 9.54. The molecule has 0 unspecified atom stereocenters. The Hall–Kier alpha value is -2.09. The van der Waals surface area contributed by atoms with Crippen molar-refractivity contribution in [2.45, 2.75) is 181 Å². The van der Waals surface area contributed by atoms with Gasteiger partial charge >= 0.3 is 116 Å². The number of ether oxygens (including phenoxy) is 3. The van der Waals surface area contributed by atoms with Crippen LogP contribution in [-0.2, 0) is 103 Å². The van der Waals surface area contributed by atoms with Crippen LogP contribution in [0.1, 0.15) is 146 Å². The third-order valence-electron chi connectivity index (χ3n) is 18.4. The van der Waals surface area contributed by atoms with Gasteiger partial charge in [-0.25, -0.2) is 9.59 Å². The molecule has 1 radical (unpaired) electrons. The molecule has 8 rings (SSSR count). The van der Waals surface area contributed by atoms with E-state index in [1.807, 2.05) is 152 Å². The largest absolute Gasteiger partial charge is 1.00 e. The average molecular weight is 2250 g/mol. The zero-order valence-electron chi connectivity index (χ0n) is 63.7. The molecule has 21 nitrogen and oxygen atoms in total. The molecule has 0 aliphatic heterocycles. The minimum absolute atomic E-state index is 0. The van der Waals surface area contributed by atoms with Gasteiger partial charge in [-0.3, -0.25) is 28.8 Å². The minimum Gasteiger partial charge on any atom is -0.553 e. The van der Waals surface area contributed by atoms with Crippen LogP contribution in [0.15, 0.2) is 152 Å². The van der Waals surface area contributed by atoms with Gasteiger partial charge in [0, 0.05) is 80.5 Å². The number of aliphatic carboxylic acids is 3. The number of hydrogen-bond acceptors (Lipinski definition) is 15. The van der Waals surface area contributed by atoms with Crippen LogP contribution in [0, 0.1) is 53.3 Å². The predicted octanol–water partition coefficient (Wildman–Crippen LogP) is 10.3. The molecule has 3 saturated carbocycles. The molecule has 2 amide bonds. The van der Waals surface area contributed by atoms with Crippen molar-refractivity contribution in [1.29, 1.82) is 0 Å². The number of halogens is 7. The van der Waals surface area contributed by atoms with E-state index in [0.717, 1.165) is 123 Å². The zero-order valence-corrected chi connectivity index (χ0v) is 81.0. The van der Waals surface area contributed by atoms with Crippen molar-refractivity contribution in [2.24, 2.45) is 70.5 Å². The first-order valence-electron chi connectivity index (χ1n) is 34.9. The number of nitrogens with one attached hydrogen (secondary N) is 3. The summed E-state index contributed by atoms with van der Waals surface area (Å²) in [6, 6.07) is 44.3. The fraction of sp³-hybridized carbons (Fsp3) is 0.513. The number of rotatable bonds is 23. The molecule has 108 heavy (non-hydrogen) atoms. The maximum absolute atomic E-state index is 12.6. The van der Waals surface area contributed by atoms with Crippen molar-refractivity contribution in [3.05, 3.63) is 185 Å². The van der Waals surface area contributed by atoms with Gasteiger partial charge in [0.15, 0.2) is 0 Å². The van der Waals surface area contributed by atoms with Gasteiger partial charge in [-0.15, -0.1) is 36.4 Å². The Kier molecular flexibility index (Phi) is 74.6. The monoisotopic (exact) mass is 2250 g/mol. The first-order chi connectivity index (χ1) is 49.7.